The minimum atomic E-state index is -0.536. The molecule has 98 valence electrons. The second-order valence-corrected chi connectivity index (χ2v) is 6.56. The Labute approximate surface area is 110 Å². The summed E-state index contributed by atoms with van der Waals surface area (Å²) in [5.41, 5.74) is 0. The minimum Gasteiger partial charge on any atom is -0.375 e. The molecule has 0 spiro atoms. The summed E-state index contributed by atoms with van der Waals surface area (Å²) in [5, 5.41) is 0. The number of amides is 2. The Balaban J connectivity index is 2.46. The summed E-state index contributed by atoms with van der Waals surface area (Å²) >= 11 is 3.36. The molecule has 1 fully saturated rings. The highest BCUT2D eigenvalue weighted by Gasteiger charge is 2.31. The summed E-state index contributed by atoms with van der Waals surface area (Å²) in [6.07, 6.45) is 0. The second-order valence-electron chi connectivity index (χ2n) is 4.58. The quantitative estimate of drug-likeness (QED) is 0.713. The molecule has 5 nitrogen and oxygen atoms in total. The van der Waals surface area contributed by atoms with Crippen LogP contribution in [0.5, 0.6) is 0 Å². The SMILES string of the molecule is COCC(=O)N1CCN(C(=O)C(C)(C)Br)CC1. The molecule has 0 unspecified atom stereocenters. The first-order valence-corrected chi connectivity index (χ1v) is 6.40. The molecule has 0 radical (unpaired) electrons. The van der Waals surface area contributed by atoms with E-state index in [4.69, 9.17) is 4.74 Å². The molecule has 1 rings (SSSR count). The largest absolute Gasteiger partial charge is 0.375 e. The molecule has 0 atom stereocenters. The van der Waals surface area contributed by atoms with Crippen LogP contribution in [0.15, 0.2) is 0 Å². The lowest BCUT2D eigenvalue weighted by atomic mass is 10.1. The molecule has 1 heterocycles. The van der Waals surface area contributed by atoms with Gasteiger partial charge in [-0.2, -0.15) is 0 Å². The lowest BCUT2D eigenvalue weighted by molar-refractivity contribution is -0.142. The predicted molar refractivity (Wildman–Crippen MR) is 68.0 cm³/mol. The first kappa shape index (κ1) is 14.4. The Bertz CT molecular complexity index is 294. The van der Waals surface area contributed by atoms with Crippen LogP contribution in [0.2, 0.25) is 0 Å². The molecule has 6 heteroatoms. The number of nitrogens with zero attached hydrogens (tertiary/aromatic N) is 2. The van der Waals surface area contributed by atoms with Gasteiger partial charge in [0.2, 0.25) is 11.8 Å². The van der Waals surface area contributed by atoms with E-state index >= 15 is 0 Å². The van der Waals surface area contributed by atoms with E-state index in [0.29, 0.717) is 26.2 Å². The van der Waals surface area contributed by atoms with Crippen molar-refractivity contribution in [2.45, 2.75) is 18.2 Å². The van der Waals surface area contributed by atoms with E-state index in [1.54, 1.807) is 9.80 Å². The van der Waals surface area contributed by atoms with E-state index in [9.17, 15) is 9.59 Å². The third-order valence-electron chi connectivity index (χ3n) is 2.70. The van der Waals surface area contributed by atoms with Crippen molar-refractivity contribution >= 4 is 27.7 Å². The molecule has 1 aliphatic heterocycles. The third kappa shape index (κ3) is 3.96. The van der Waals surface area contributed by atoms with Gasteiger partial charge in [-0.15, -0.1) is 0 Å². The van der Waals surface area contributed by atoms with Crippen LogP contribution in [0.3, 0.4) is 0 Å². The molecule has 0 saturated carbocycles. The van der Waals surface area contributed by atoms with Gasteiger partial charge in [0.05, 0.1) is 4.32 Å². The van der Waals surface area contributed by atoms with Crippen LogP contribution in [0.1, 0.15) is 13.8 Å². The summed E-state index contributed by atoms with van der Waals surface area (Å²) in [5.74, 6) is 0.0500. The standard InChI is InChI=1S/C11H19BrN2O3/c1-11(2,12)10(16)14-6-4-13(5-7-14)9(15)8-17-3/h4-8H2,1-3H3. The predicted octanol–water partition coefficient (Wildman–Crippen LogP) is 0.477. The monoisotopic (exact) mass is 306 g/mol. The zero-order valence-corrected chi connectivity index (χ0v) is 12.1. The Kier molecular flexibility index (Phi) is 4.94. The van der Waals surface area contributed by atoms with Gasteiger partial charge in [0.15, 0.2) is 0 Å². The third-order valence-corrected chi connectivity index (χ3v) is 3.04. The van der Waals surface area contributed by atoms with E-state index in [2.05, 4.69) is 15.9 Å². The van der Waals surface area contributed by atoms with Crippen molar-refractivity contribution in [3.8, 4) is 0 Å². The van der Waals surface area contributed by atoms with Gasteiger partial charge in [-0.25, -0.2) is 0 Å². The molecule has 0 bridgehead atoms. The number of alkyl halides is 1. The molecule has 0 aromatic carbocycles. The molecule has 2 amide bonds. The Hall–Kier alpha value is -0.620. The average molecular weight is 307 g/mol. The van der Waals surface area contributed by atoms with E-state index < -0.39 is 4.32 Å². The van der Waals surface area contributed by atoms with Crippen LogP contribution in [0.25, 0.3) is 0 Å². The Morgan fingerprint density at radius 3 is 2.06 bits per heavy atom. The number of rotatable bonds is 3. The molecular weight excluding hydrogens is 288 g/mol. The lowest BCUT2D eigenvalue weighted by Gasteiger charge is -2.37. The molecule has 0 aliphatic carbocycles. The van der Waals surface area contributed by atoms with Crippen molar-refractivity contribution in [3.05, 3.63) is 0 Å². The minimum absolute atomic E-state index is 0.0160. The number of piperazine rings is 1. The van der Waals surface area contributed by atoms with Crippen LogP contribution < -0.4 is 0 Å². The molecular formula is C11H19BrN2O3. The van der Waals surface area contributed by atoms with Crippen LogP contribution >= 0.6 is 15.9 Å². The first-order chi connectivity index (χ1) is 7.86. The highest BCUT2D eigenvalue weighted by Crippen LogP contribution is 2.20. The van der Waals surface area contributed by atoms with Crippen molar-refractivity contribution in [2.24, 2.45) is 0 Å². The first-order valence-electron chi connectivity index (χ1n) is 5.61. The van der Waals surface area contributed by atoms with Gasteiger partial charge < -0.3 is 14.5 Å². The number of hydrogen-bond acceptors (Lipinski definition) is 3. The smallest absolute Gasteiger partial charge is 0.248 e. The van der Waals surface area contributed by atoms with Gasteiger partial charge in [-0.05, 0) is 13.8 Å². The number of carbonyl (C=O) groups excluding carboxylic acids is 2. The van der Waals surface area contributed by atoms with Crippen LogP contribution in [-0.2, 0) is 14.3 Å². The highest BCUT2D eigenvalue weighted by atomic mass is 79.9. The lowest BCUT2D eigenvalue weighted by Crippen LogP contribution is -2.54. The van der Waals surface area contributed by atoms with Crippen LogP contribution in [0, 0.1) is 0 Å². The van der Waals surface area contributed by atoms with Crippen molar-refractivity contribution in [2.75, 3.05) is 39.9 Å². The maximum absolute atomic E-state index is 12.0. The Morgan fingerprint density at radius 2 is 1.65 bits per heavy atom. The van der Waals surface area contributed by atoms with Crippen molar-refractivity contribution in [1.82, 2.24) is 9.80 Å². The number of hydrogen-bond donors (Lipinski definition) is 0. The van der Waals surface area contributed by atoms with Crippen LogP contribution in [0.4, 0.5) is 0 Å². The summed E-state index contributed by atoms with van der Waals surface area (Å²) < 4.78 is 4.27. The molecule has 1 saturated heterocycles. The molecule has 0 N–H and O–H groups in total. The maximum Gasteiger partial charge on any atom is 0.248 e. The van der Waals surface area contributed by atoms with E-state index in [1.165, 1.54) is 7.11 Å². The topological polar surface area (TPSA) is 49.9 Å². The van der Waals surface area contributed by atoms with Gasteiger partial charge in [0.1, 0.15) is 6.61 Å². The normalized spacial score (nSPS) is 17.2. The average Bonchev–Trinajstić information content (AvgIpc) is 2.27. The zero-order valence-electron chi connectivity index (χ0n) is 10.5. The number of halogens is 1. The highest BCUT2D eigenvalue weighted by molar-refractivity contribution is 9.10. The van der Waals surface area contributed by atoms with Gasteiger partial charge >= 0.3 is 0 Å². The molecule has 1 aliphatic rings. The van der Waals surface area contributed by atoms with Gasteiger partial charge in [0.25, 0.3) is 0 Å². The Morgan fingerprint density at radius 1 is 1.18 bits per heavy atom. The molecule has 0 aromatic rings. The van der Waals surface area contributed by atoms with E-state index in [0.717, 1.165) is 0 Å². The van der Waals surface area contributed by atoms with Crippen LogP contribution in [-0.4, -0.2) is 65.8 Å². The van der Waals surface area contributed by atoms with Gasteiger partial charge in [0, 0.05) is 33.3 Å². The van der Waals surface area contributed by atoms with E-state index in [1.807, 2.05) is 13.8 Å². The zero-order chi connectivity index (χ0) is 13.1. The van der Waals surface area contributed by atoms with Crippen molar-refractivity contribution in [1.29, 1.82) is 0 Å². The number of carbonyl (C=O) groups is 2. The number of ether oxygens (including phenoxy) is 1. The fourth-order valence-electron chi connectivity index (χ4n) is 1.75. The summed E-state index contributed by atoms with van der Waals surface area (Å²) in [7, 11) is 1.50. The second kappa shape index (κ2) is 5.82. The molecule has 0 aromatic heterocycles. The van der Waals surface area contributed by atoms with Crippen molar-refractivity contribution < 1.29 is 14.3 Å². The van der Waals surface area contributed by atoms with Crippen molar-refractivity contribution in [3.63, 3.8) is 0 Å². The van der Waals surface area contributed by atoms with E-state index in [-0.39, 0.29) is 18.4 Å². The summed E-state index contributed by atoms with van der Waals surface area (Å²) in [6.45, 7) is 6.11. The summed E-state index contributed by atoms with van der Waals surface area (Å²) in [6, 6.07) is 0. The fraction of sp³-hybridized carbons (Fsp3) is 0.818. The van der Waals surface area contributed by atoms with Gasteiger partial charge in [-0.3, -0.25) is 9.59 Å². The van der Waals surface area contributed by atoms with Gasteiger partial charge in [-0.1, -0.05) is 15.9 Å². The maximum atomic E-state index is 12.0. The summed E-state index contributed by atoms with van der Waals surface area (Å²) in [4.78, 5) is 27.0. The number of methoxy groups -OCH3 is 1. The molecule has 17 heavy (non-hydrogen) atoms. The fourth-order valence-corrected chi connectivity index (χ4v) is 2.00.